The lowest BCUT2D eigenvalue weighted by Gasteiger charge is -2.16. The molecule has 0 aliphatic heterocycles. The molecule has 2 aromatic rings. The summed E-state index contributed by atoms with van der Waals surface area (Å²) in [6.07, 6.45) is 10.1. The summed E-state index contributed by atoms with van der Waals surface area (Å²) in [6.45, 7) is 0.753. The number of fused-ring (bicyclic) bond motifs is 1. The molecule has 5 heteroatoms. The number of carbonyl (C=O) groups excluding carboxylic acids is 1. The number of amides is 1. The van der Waals surface area contributed by atoms with Crippen molar-refractivity contribution in [2.45, 2.75) is 37.1 Å². The Balaban J connectivity index is 1.49. The summed E-state index contributed by atoms with van der Waals surface area (Å²) in [6, 6.07) is 12.1. The van der Waals surface area contributed by atoms with Gasteiger partial charge in [0.25, 0.3) is 0 Å². The topological polar surface area (TPSA) is 47.6 Å². The molecule has 28 heavy (non-hydrogen) atoms. The summed E-state index contributed by atoms with van der Waals surface area (Å²) >= 11 is 1.46. The summed E-state index contributed by atoms with van der Waals surface area (Å²) < 4.78 is 10.8. The van der Waals surface area contributed by atoms with Crippen LogP contribution in [0.25, 0.3) is 0 Å². The molecule has 1 aliphatic carbocycles. The summed E-state index contributed by atoms with van der Waals surface area (Å²) in [5, 5.41) is 3.01. The molecule has 1 amide bonds. The first-order valence-corrected chi connectivity index (χ1v) is 10.4. The molecule has 0 heterocycles. The van der Waals surface area contributed by atoms with E-state index >= 15 is 0 Å². The molecule has 1 aliphatic rings. The number of carbonyl (C=O) groups is 1. The molecule has 0 bridgehead atoms. The molecule has 3 rings (SSSR count). The lowest BCUT2D eigenvalue weighted by Crippen LogP contribution is -2.24. The minimum atomic E-state index is 0.00865. The number of terminal acetylenes is 1. The number of nitrogens with one attached hydrogen (secondary N) is 1. The lowest BCUT2D eigenvalue weighted by atomic mass is 9.90. The van der Waals surface area contributed by atoms with Crippen molar-refractivity contribution in [3.8, 4) is 23.8 Å². The standard InChI is InChI=1S/C23H25NO3S/c1-3-12-27-21-11-10-20(14-22(21)26-2)28-16-23(25)24-15-17-8-9-18-6-4-5-7-19(18)13-17/h1,8-11,13-14H,4-7,12,15-16H2,2H3,(H,24,25). The smallest absolute Gasteiger partial charge is 0.230 e. The van der Waals surface area contributed by atoms with Crippen molar-refractivity contribution in [3.05, 3.63) is 53.1 Å². The van der Waals surface area contributed by atoms with Gasteiger partial charge in [0.1, 0.15) is 6.61 Å². The van der Waals surface area contributed by atoms with Gasteiger partial charge in [-0.3, -0.25) is 4.79 Å². The Labute approximate surface area is 171 Å². The van der Waals surface area contributed by atoms with Gasteiger partial charge in [0.2, 0.25) is 5.91 Å². The molecule has 0 radical (unpaired) electrons. The van der Waals surface area contributed by atoms with Crippen LogP contribution in [-0.4, -0.2) is 25.4 Å². The van der Waals surface area contributed by atoms with Gasteiger partial charge in [0, 0.05) is 11.4 Å². The number of benzene rings is 2. The van der Waals surface area contributed by atoms with Crippen molar-refractivity contribution in [2.24, 2.45) is 0 Å². The van der Waals surface area contributed by atoms with Crippen molar-refractivity contribution in [1.82, 2.24) is 5.32 Å². The summed E-state index contributed by atoms with van der Waals surface area (Å²) in [7, 11) is 1.58. The van der Waals surface area contributed by atoms with Crippen LogP contribution in [-0.2, 0) is 24.2 Å². The molecule has 0 fully saturated rings. The van der Waals surface area contributed by atoms with Gasteiger partial charge >= 0.3 is 0 Å². The summed E-state index contributed by atoms with van der Waals surface area (Å²) in [5.74, 6) is 3.99. The molecule has 0 saturated carbocycles. The van der Waals surface area contributed by atoms with E-state index in [-0.39, 0.29) is 12.5 Å². The van der Waals surface area contributed by atoms with Crippen LogP contribution in [0, 0.1) is 12.3 Å². The van der Waals surface area contributed by atoms with E-state index in [1.165, 1.54) is 42.2 Å². The van der Waals surface area contributed by atoms with Gasteiger partial charge in [0.15, 0.2) is 11.5 Å². The molecule has 1 N–H and O–H groups in total. The number of thioether (sulfide) groups is 1. The maximum absolute atomic E-state index is 12.2. The molecule has 146 valence electrons. The van der Waals surface area contributed by atoms with E-state index in [4.69, 9.17) is 15.9 Å². The zero-order valence-corrected chi connectivity index (χ0v) is 16.9. The molecular weight excluding hydrogens is 370 g/mol. The van der Waals surface area contributed by atoms with E-state index in [2.05, 4.69) is 29.4 Å². The van der Waals surface area contributed by atoms with Crippen LogP contribution >= 0.6 is 11.8 Å². The second kappa shape index (κ2) is 10.1. The summed E-state index contributed by atoms with van der Waals surface area (Å²) in [4.78, 5) is 13.2. The third kappa shape index (κ3) is 5.46. The second-order valence-corrected chi connectivity index (χ2v) is 7.73. The maximum Gasteiger partial charge on any atom is 0.230 e. The van der Waals surface area contributed by atoms with E-state index in [9.17, 15) is 4.79 Å². The minimum absolute atomic E-state index is 0.00865. The van der Waals surface area contributed by atoms with Crippen LogP contribution in [0.4, 0.5) is 0 Å². The minimum Gasteiger partial charge on any atom is -0.493 e. The highest BCUT2D eigenvalue weighted by molar-refractivity contribution is 8.00. The van der Waals surface area contributed by atoms with Gasteiger partial charge in [0.05, 0.1) is 12.9 Å². The fraction of sp³-hybridized carbons (Fsp3) is 0.348. The first-order valence-electron chi connectivity index (χ1n) is 9.44. The van der Waals surface area contributed by atoms with Crippen LogP contribution in [0.2, 0.25) is 0 Å². The van der Waals surface area contributed by atoms with Crippen LogP contribution in [0.3, 0.4) is 0 Å². The highest BCUT2D eigenvalue weighted by atomic mass is 32.2. The summed E-state index contributed by atoms with van der Waals surface area (Å²) in [5.41, 5.74) is 4.06. The fourth-order valence-corrected chi connectivity index (χ4v) is 4.03. The molecule has 0 aromatic heterocycles. The number of methoxy groups -OCH3 is 1. The average Bonchev–Trinajstić information content (AvgIpc) is 2.74. The third-order valence-electron chi connectivity index (χ3n) is 4.72. The number of hydrogen-bond donors (Lipinski definition) is 1. The van der Waals surface area contributed by atoms with E-state index in [1.54, 1.807) is 7.11 Å². The van der Waals surface area contributed by atoms with Crippen molar-refractivity contribution < 1.29 is 14.3 Å². The van der Waals surface area contributed by atoms with Gasteiger partial charge in [-0.15, -0.1) is 18.2 Å². The molecule has 0 atom stereocenters. The Morgan fingerprint density at radius 1 is 1.14 bits per heavy atom. The quantitative estimate of drug-likeness (QED) is 0.542. The third-order valence-corrected chi connectivity index (χ3v) is 5.71. The zero-order valence-electron chi connectivity index (χ0n) is 16.1. The van der Waals surface area contributed by atoms with Gasteiger partial charge in [-0.2, -0.15) is 0 Å². The van der Waals surface area contributed by atoms with Crippen molar-refractivity contribution in [3.63, 3.8) is 0 Å². The normalized spacial score (nSPS) is 12.6. The molecule has 0 unspecified atom stereocenters. The maximum atomic E-state index is 12.2. The molecule has 0 saturated heterocycles. The van der Waals surface area contributed by atoms with E-state index in [1.807, 2.05) is 18.2 Å². The fourth-order valence-electron chi connectivity index (χ4n) is 3.27. The van der Waals surface area contributed by atoms with Gasteiger partial charge < -0.3 is 14.8 Å². The second-order valence-electron chi connectivity index (χ2n) is 6.68. The van der Waals surface area contributed by atoms with Crippen LogP contribution in [0.5, 0.6) is 11.5 Å². The largest absolute Gasteiger partial charge is 0.493 e. The number of aryl methyl sites for hydroxylation is 2. The number of ether oxygens (including phenoxy) is 2. The number of hydrogen-bond acceptors (Lipinski definition) is 4. The molecular formula is C23H25NO3S. The highest BCUT2D eigenvalue weighted by Crippen LogP contribution is 2.32. The van der Waals surface area contributed by atoms with Crippen molar-refractivity contribution >= 4 is 17.7 Å². The van der Waals surface area contributed by atoms with E-state index in [0.29, 0.717) is 23.8 Å². The van der Waals surface area contributed by atoms with Gasteiger partial charge in [-0.05, 0) is 60.6 Å². The molecule has 4 nitrogen and oxygen atoms in total. The Bertz CT molecular complexity index is 873. The lowest BCUT2D eigenvalue weighted by molar-refractivity contribution is -0.118. The average molecular weight is 396 g/mol. The predicted molar refractivity (Wildman–Crippen MR) is 113 cm³/mol. The monoisotopic (exact) mass is 395 g/mol. The molecule has 0 spiro atoms. The zero-order chi connectivity index (χ0) is 19.8. The van der Waals surface area contributed by atoms with Crippen LogP contribution < -0.4 is 14.8 Å². The first kappa shape index (κ1) is 20.2. The van der Waals surface area contributed by atoms with Crippen LogP contribution in [0.1, 0.15) is 29.5 Å². The Kier molecular flexibility index (Phi) is 7.27. The Hall–Kier alpha value is -2.58. The van der Waals surface area contributed by atoms with Crippen LogP contribution in [0.15, 0.2) is 41.3 Å². The predicted octanol–water partition coefficient (Wildman–Crippen LogP) is 3.99. The van der Waals surface area contributed by atoms with Crippen molar-refractivity contribution in [1.29, 1.82) is 0 Å². The number of rotatable bonds is 8. The van der Waals surface area contributed by atoms with Gasteiger partial charge in [-0.1, -0.05) is 24.1 Å². The first-order chi connectivity index (χ1) is 13.7. The Morgan fingerprint density at radius 3 is 2.75 bits per heavy atom. The van der Waals surface area contributed by atoms with Gasteiger partial charge in [-0.25, -0.2) is 0 Å². The van der Waals surface area contributed by atoms with E-state index < -0.39 is 0 Å². The highest BCUT2D eigenvalue weighted by Gasteiger charge is 2.11. The molecule has 2 aromatic carbocycles. The van der Waals surface area contributed by atoms with E-state index in [0.717, 1.165) is 16.9 Å². The Morgan fingerprint density at radius 2 is 1.96 bits per heavy atom. The SMILES string of the molecule is C#CCOc1ccc(SCC(=O)NCc2ccc3c(c2)CCCC3)cc1OC. The van der Waals surface area contributed by atoms with Crippen molar-refractivity contribution in [2.75, 3.05) is 19.5 Å².